The monoisotopic (exact) mass is 247 g/mol. The topological polar surface area (TPSA) is 22.1 Å². The van der Waals surface area contributed by atoms with E-state index in [9.17, 15) is 8.78 Å². The summed E-state index contributed by atoms with van der Waals surface area (Å²) in [5, 5.41) is 0. The Labute approximate surface area is 93.3 Å². The van der Waals surface area contributed by atoms with Crippen LogP contribution in [0.4, 0.5) is 8.78 Å². The van der Waals surface area contributed by atoms with Crippen LogP contribution in [0.1, 0.15) is 0 Å². The number of benzene rings is 1. The zero-order chi connectivity index (χ0) is 10.8. The predicted molar refractivity (Wildman–Crippen MR) is 58.0 cm³/mol. The summed E-state index contributed by atoms with van der Waals surface area (Å²) in [6.45, 7) is 0. The number of alkyl halides is 2. The van der Waals surface area contributed by atoms with Crippen molar-refractivity contribution in [2.24, 2.45) is 0 Å². The molecule has 0 bridgehead atoms. The first kappa shape index (κ1) is 10.6. The van der Waals surface area contributed by atoms with E-state index in [1.54, 1.807) is 25.3 Å². The van der Waals surface area contributed by atoms with Crippen molar-refractivity contribution < 1.29 is 13.5 Å². The maximum Gasteiger partial charge on any atom is 0.291 e. The number of ether oxygens (including phenoxy) is 1. The molecule has 0 unspecified atom stereocenters. The predicted octanol–water partition coefficient (Wildman–Crippen LogP) is 3.62. The number of thiazole rings is 1. The van der Waals surface area contributed by atoms with Gasteiger partial charge >= 0.3 is 0 Å². The standard InChI is InChI=1S/C9H7F2NOS2/c1-13-5-2-3-6-7(4-5)14-9(12-6)15-8(10)11/h2-4,8H,1H3. The number of hydrogen-bond acceptors (Lipinski definition) is 4. The summed E-state index contributed by atoms with van der Waals surface area (Å²) in [5.41, 5.74) is 0.726. The second-order valence-corrected chi connectivity index (χ2v) is 4.96. The maximum atomic E-state index is 12.1. The summed E-state index contributed by atoms with van der Waals surface area (Å²) in [4.78, 5) is 4.07. The largest absolute Gasteiger partial charge is 0.497 e. The van der Waals surface area contributed by atoms with Crippen LogP contribution in [-0.2, 0) is 0 Å². The SMILES string of the molecule is COc1ccc2nc(SC(F)F)sc2c1. The smallest absolute Gasteiger partial charge is 0.291 e. The number of thioether (sulfide) groups is 1. The molecular weight excluding hydrogens is 240 g/mol. The number of rotatable bonds is 3. The summed E-state index contributed by atoms with van der Waals surface area (Å²) in [5.74, 6) is -1.72. The van der Waals surface area contributed by atoms with Crippen molar-refractivity contribution in [1.82, 2.24) is 4.98 Å². The van der Waals surface area contributed by atoms with Crippen molar-refractivity contribution >= 4 is 33.3 Å². The van der Waals surface area contributed by atoms with E-state index in [-0.39, 0.29) is 0 Å². The fourth-order valence-electron chi connectivity index (χ4n) is 1.14. The average Bonchev–Trinajstić information content (AvgIpc) is 2.57. The highest BCUT2D eigenvalue weighted by Gasteiger charge is 2.10. The molecular formula is C9H7F2NOS2. The molecule has 0 aliphatic carbocycles. The van der Waals surface area contributed by atoms with Gasteiger partial charge in [-0.3, -0.25) is 0 Å². The van der Waals surface area contributed by atoms with Crippen molar-refractivity contribution in [1.29, 1.82) is 0 Å². The highest BCUT2D eigenvalue weighted by molar-refractivity contribution is 8.01. The molecule has 0 N–H and O–H groups in total. The lowest BCUT2D eigenvalue weighted by atomic mass is 10.3. The lowest BCUT2D eigenvalue weighted by Gasteiger charge is -1.96. The summed E-state index contributed by atoms with van der Waals surface area (Å²) in [6, 6.07) is 5.32. The molecule has 0 spiro atoms. The Kier molecular flexibility index (Phi) is 3.06. The summed E-state index contributed by atoms with van der Waals surface area (Å²) >= 11 is 1.72. The molecule has 0 atom stereocenters. The molecule has 0 saturated heterocycles. The zero-order valence-electron chi connectivity index (χ0n) is 7.74. The van der Waals surface area contributed by atoms with Crippen molar-refractivity contribution in [3.63, 3.8) is 0 Å². The van der Waals surface area contributed by atoms with E-state index in [0.717, 1.165) is 10.2 Å². The summed E-state index contributed by atoms with van der Waals surface area (Å²) in [6.07, 6.45) is 0. The first-order chi connectivity index (χ1) is 7.19. The van der Waals surface area contributed by atoms with E-state index in [1.807, 2.05) is 0 Å². The Hall–Kier alpha value is -0.880. The van der Waals surface area contributed by atoms with E-state index in [0.29, 0.717) is 21.9 Å². The summed E-state index contributed by atoms with van der Waals surface area (Å²) < 4.78 is 30.5. The van der Waals surface area contributed by atoms with E-state index < -0.39 is 5.76 Å². The van der Waals surface area contributed by atoms with Gasteiger partial charge in [-0.15, -0.1) is 11.3 Å². The van der Waals surface area contributed by atoms with Gasteiger partial charge in [0.2, 0.25) is 0 Å². The number of aromatic nitrogens is 1. The minimum absolute atomic E-state index is 0.383. The van der Waals surface area contributed by atoms with Gasteiger partial charge in [0.05, 0.1) is 17.3 Å². The third-order valence-corrected chi connectivity index (χ3v) is 3.59. The quantitative estimate of drug-likeness (QED) is 0.773. The molecule has 2 nitrogen and oxygen atoms in total. The molecule has 0 radical (unpaired) electrons. The second kappa shape index (κ2) is 4.32. The molecule has 0 fully saturated rings. The highest BCUT2D eigenvalue weighted by atomic mass is 32.2. The van der Waals surface area contributed by atoms with Crippen LogP contribution in [0, 0.1) is 0 Å². The zero-order valence-corrected chi connectivity index (χ0v) is 9.37. The van der Waals surface area contributed by atoms with Crippen LogP contribution in [0.25, 0.3) is 10.2 Å². The first-order valence-electron chi connectivity index (χ1n) is 4.08. The van der Waals surface area contributed by atoms with Crippen LogP contribution >= 0.6 is 23.1 Å². The third-order valence-electron chi connectivity index (χ3n) is 1.77. The van der Waals surface area contributed by atoms with Crippen LogP contribution in [0.3, 0.4) is 0 Å². The third kappa shape index (κ3) is 2.38. The number of nitrogens with zero attached hydrogens (tertiary/aromatic N) is 1. The Morgan fingerprint density at radius 2 is 2.27 bits per heavy atom. The van der Waals surface area contributed by atoms with Gasteiger partial charge in [0.15, 0.2) is 4.34 Å². The Morgan fingerprint density at radius 3 is 2.93 bits per heavy atom. The van der Waals surface area contributed by atoms with Gasteiger partial charge in [0.1, 0.15) is 5.75 Å². The molecule has 2 rings (SSSR count). The number of methoxy groups -OCH3 is 1. The van der Waals surface area contributed by atoms with Crippen LogP contribution in [-0.4, -0.2) is 17.9 Å². The molecule has 15 heavy (non-hydrogen) atoms. The van der Waals surface area contributed by atoms with Crippen molar-refractivity contribution in [3.8, 4) is 5.75 Å². The molecule has 1 aromatic carbocycles. The van der Waals surface area contributed by atoms with Crippen LogP contribution in [0.2, 0.25) is 0 Å². The lowest BCUT2D eigenvalue weighted by Crippen LogP contribution is -1.80. The molecule has 80 valence electrons. The van der Waals surface area contributed by atoms with E-state index in [4.69, 9.17) is 4.74 Å². The van der Waals surface area contributed by atoms with Crippen molar-refractivity contribution in [2.75, 3.05) is 7.11 Å². The Bertz CT molecular complexity index is 472. The number of hydrogen-bond donors (Lipinski definition) is 0. The van der Waals surface area contributed by atoms with Crippen LogP contribution < -0.4 is 4.74 Å². The molecule has 6 heteroatoms. The fourth-order valence-corrected chi connectivity index (χ4v) is 2.85. The van der Waals surface area contributed by atoms with Gasteiger partial charge in [0, 0.05) is 0 Å². The maximum absolute atomic E-state index is 12.1. The van der Waals surface area contributed by atoms with Gasteiger partial charge in [-0.2, -0.15) is 8.78 Å². The van der Waals surface area contributed by atoms with E-state index in [2.05, 4.69) is 4.98 Å². The van der Waals surface area contributed by atoms with E-state index in [1.165, 1.54) is 11.3 Å². The Balaban J connectivity index is 2.37. The second-order valence-electron chi connectivity index (χ2n) is 2.69. The average molecular weight is 247 g/mol. The number of fused-ring (bicyclic) bond motifs is 1. The molecule has 2 aromatic rings. The fraction of sp³-hybridized carbons (Fsp3) is 0.222. The normalized spacial score (nSPS) is 11.2. The van der Waals surface area contributed by atoms with Crippen molar-refractivity contribution in [3.05, 3.63) is 18.2 Å². The molecule has 0 aliphatic rings. The molecule has 0 amide bonds. The summed E-state index contributed by atoms with van der Waals surface area (Å²) in [7, 11) is 1.57. The molecule has 1 aromatic heterocycles. The molecule has 1 heterocycles. The Morgan fingerprint density at radius 1 is 1.47 bits per heavy atom. The highest BCUT2D eigenvalue weighted by Crippen LogP contribution is 2.34. The molecule has 0 saturated carbocycles. The van der Waals surface area contributed by atoms with Gasteiger partial charge < -0.3 is 4.74 Å². The minimum atomic E-state index is -2.42. The van der Waals surface area contributed by atoms with Gasteiger partial charge in [0.25, 0.3) is 5.76 Å². The van der Waals surface area contributed by atoms with Gasteiger partial charge in [-0.25, -0.2) is 4.98 Å². The van der Waals surface area contributed by atoms with E-state index >= 15 is 0 Å². The van der Waals surface area contributed by atoms with Crippen LogP contribution in [0.15, 0.2) is 22.5 Å². The lowest BCUT2D eigenvalue weighted by molar-refractivity contribution is 0.252. The van der Waals surface area contributed by atoms with Crippen molar-refractivity contribution in [2.45, 2.75) is 10.1 Å². The minimum Gasteiger partial charge on any atom is -0.497 e. The van der Waals surface area contributed by atoms with Gasteiger partial charge in [-0.1, -0.05) is 0 Å². The van der Waals surface area contributed by atoms with Gasteiger partial charge in [-0.05, 0) is 30.0 Å². The molecule has 0 aliphatic heterocycles. The van der Waals surface area contributed by atoms with Crippen LogP contribution in [0.5, 0.6) is 5.75 Å². The first-order valence-corrected chi connectivity index (χ1v) is 5.78. The number of halogens is 2.